The van der Waals surface area contributed by atoms with Crippen molar-refractivity contribution in [3.05, 3.63) is 23.8 Å². The number of ether oxygens (including phenoxy) is 1. The molecule has 0 bridgehead atoms. The lowest BCUT2D eigenvalue weighted by Gasteiger charge is -2.27. The number of methoxy groups -OCH3 is 1. The Balaban J connectivity index is 0.00000144. The van der Waals surface area contributed by atoms with Crippen molar-refractivity contribution in [2.24, 2.45) is 0 Å². The standard InChI is InChI=1S/C13H19NO2.ClH/c1-16-13-7-5-6-12(15)11(13)10-14-8-3-2-4-9-14;/h5-7,15H,2-4,8-10H2,1H3;1H. The summed E-state index contributed by atoms with van der Waals surface area (Å²) >= 11 is 0. The van der Waals surface area contributed by atoms with Crippen LogP contribution in [0.5, 0.6) is 11.5 Å². The van der Waals surface area contributed by atoms with Gasteiger partial charge in [-0.25, -0.2) is 0 Å². The van der Waals surface area contributed by atoms with Crippen molar-refractivity contribution in [3.63, 3.8) is 0 Å². The third-order valence-electron chi connectivity index (χ3n) is 3.16. The van der Waals surface area contributed by atoms with Crippen LogP contribution in [0, 0.1) is 0 Å². The smallest absolute Gasteiger partial charge is 0.127 e. The molecule has 1 aromatic rings. The highest BCUT2D eigenvalue weighted by Crippen LogP contribution is 2.29. The molecule has 2 rings (SSSR count). The van der Waals surface area contributed by atoms with Crippen molar-refractivity contribution in [2.45, 2.75) is 25.8 Å². The van der Waals surface area contributed by atoms with Gasteiger partial charge >= 0.3 is 0 Å². The second-order valence-corrected chi connectivity index (χ2v) is 4.29. The van der Waals surface area contributed by atoms with E-state index in [4.69, 9.17) is 4.74 Å². The number of rotatable bonds is 3. The fraction of sp³-hybridized carbons (Fsp3) is 0.538. The molecule has 3 nitrogen and oxygen atoms in total. The first-order chi connectivity index (χ1) is 7.81. The van der Waals surface area contributed by atoms with Crippen LogP contribution in [0.25, 0.3) is 0 Å². The van der Waals surface area contributed by atoms with E-state index in [1.165, 1.54) is 19.3 Å². The molecule has 0 amide bonds. The molecule has 0 radical (unpaired) electrons. The Kier molecular flexibility index (Phi) is 5.59. The molecule has 17 heavy (non-hydrogen) atoms. The second kappa shape index (κ2) is 6.72. The largest absolute Gasteiger partial charge is 0.507 e. The number of phenols is 1. The molecule has 0 spiro atoms. The third-order valence-corrected chi connectivity index (χ3v) is 3.16. The Morgan fingerprint density at radius 3 is 2.59 bits per heavy atom. The summed E-state index contributed by atoms with van der Waals surface area (Å²) in [6.45, 7) is 3.03. The van der Waals surface area contributed by atoms with Crippen LogP contribution in [0.2, 0.25) is 0 Å². The summed E-state index contributed by atoms with van der Waals surface area (Å²) in [6, 6.07) is 5.44. The average molecular weight is 258 g/mol. The first-order valence-corrected chi connectivity index (χ1v) is 5.88. The van der Waals surface area contributed by atoms with Crippen LogP contribution in [0.1, 0.15) is 24.8 Å². The molecule has 1 fully saturated rings. The number of hydrogen-bond donors (Lipinski definition) is 1. The predicted octanol–water partition coefficient (Wildman–Crippen LogP) is 2.81. The average Bonchev–Trinajstić information content (AvgIpc) is 2.33. The van der Waals surface area contributed by atoms with Gasteiger partial charge in [-0.3, -0.25) is 4.90 Å². The van der Waals surface area contributed by atoms with Crippen LogP contribution in [0.4, 0.5) is 0 Å². The quantitative estimate of drug-likeness (QED) is 0.904. The Bertz CT molecular complexity index is 351. The zero-order chi connectivity index (χ0) is 11.4. The molecule has 0 saturated carbocycles. The number of nitrogens with zero attached hydrogens (tertiary/aromatic N) is 1. The highest BCUT2D eigenvalue weighted by Gasteiger charge is 2.15. The summed E-state index contributed by atoms with van der Waals surface area (Å²) in [5.41, 5.74) is 0.909. The Labute approximate surface area is 109 Å². The van der Waals surface area contributed by atoms with Gasteiger partial charge in [0.2, 0.25) is 0 Å². The SMILES string of the molecule is COc1cccc(O)c1CN1CCCCC1.Cl. The molecule has 0 aliphatic carbocycles. The lowest BCUT2D eigenvalue weighted by atomic mass is 10.1. The van der Waals surface area contributed by atoms with E-state index < -0.39 is 0 Å². The minimum absolute atomic E-state index is 0. The van der Waals surface area contributed by atoms with Gasteiger partial charge < -0.3 is 9.84 Å². The van der Waals surface area contributed by atoms with Crippen LogP contribution in [-0.2, 0) is 6.54 Å². The number of piperidine rings is 1. The number of aromatic hydroxyl groups is 1. The van der Waals surface area contributed by atoms with Crippen LogP contribution in [0.3, 0.4) is 0 Å². The van der Waals surface area contributed by atoms with Gasteiger partial charge in [-0.15, -0.1) is 12.4 Å². The van der Waals surface area contributed by atoms with Crippen molar-refractivity contribution in [1.29, 1.82) is 0 Å². The van der Waals surface area contributed by atoms with Gasteiger partial charge in [0.25, 0.3) is 0 Å². The molecule has 1 aromatic carbocycles. The van der Waals surface area contributed by atoms with E-state index in [1.54, 1.807) is 13.2 Å². The molecular formula is C13H20ClNO2. The molecule has 0 atom stereocenters. The summed E-state index contributed by atoms with van der Waals surface area (Å²) < 4.78 is 5.28. The van der Waals surface area contributed by atoms with E-state index in [0.717, 1.165) is 30.9 Å². The van der Waals surface area contributed by atoms with E-state index in [9.17, 15) is 5.11 Å². The van der Waals surface area contributed by atoms with Crippen molar-refractivity contribution in [2.75, 3.05) is 20.2 Å². The lowest BCUT2D eigenvalue weighted by molar-refractivity contribution is 0.215. The van der Waals surface area contributed by atoms with Crippen molar-refractivity contribution in [3.8, 4) is 11.5 Å². The second-order valence-electron chi connectivity index (χ2n) is 4.29. The fourth-order valence-electron chi connectivity index (χ4n) is 2.25. The summed E-state index contributed by atoms with van der Waals surface area (Å²) in [7, 11) is 1.65. The predicted molar refractivity (Wildman–Crippen MR) is 71.0 cm³/mol. The maximum Gasteiger partial charge on any atom is 0.127 e. The maximum absolute atomic E-state index is 9.85. The third kappa shape index (κ3) is 3.51. The van der Waals surface area contributed by atoms with Gasteiger partial charge in [0, 0.05) is 12.1 Å². The molecule has 0 unspecified atom stereocenters. The number of halogens is 1. The summed E-state index contributed by atoms with van der Waals surface area (Å²) in [5.74, 6) is 1.12. The highest BCUT2D eigenvalue weighted by atomic mass is 35.5. The first kappa shape index (κ1) is 14.1. The molecule has 1 N–H and O–H groups in total. The molecule has 0 aromatic heterocycles. The van der Waals surface area contributed by atoms with Crippen molar-refractivity contribution < 1.29 is 9.84 Å². The Hall–Kier alpha value is -0.930. The van der Waals surface area contributed by atoms with Gasteiger partial charge in [-0.1, -0.05) is 12.5 Å². The Morgan fingerprint density at radius 2 is 1.94 bits per heavy atom. The molecule has 1 heterocycles. The zero-order valence-corrected chi connectivity index (χ0v) is 11.0. The minimum atomic E-state index is 0. The summed E-state index contributed by atoms with van der Waals surface area (Å²) in [5, 5.41) is 9.85. The topological polar surface area (TPSA) is 32.7 Å². The van der Waals surface area contributed by atoms with Crippen LogP contribution >= 0.6 is 12.4 Å². The molecular weight excluding hydrogens is 238 g/mol. The molecule has 96 valence electrons. The van der Waals surface area contributed by atoms with E-state index in [0.29, 0.717) is 5.75 Å². The fourth-order valence-corrected chi connectivity index (χ4v) is 2.25. The first-order valence-electron chi connectivity index (χ1n) is 5.88. The van der Waals surface area contributed by atoms with Gasteiger partial charge in [0.1, 0.15) is 11.5 Å². The lowest BCUT2D eigenvalue weighted by Crippen LogP contribution is -2.29. The van der Waals surface area contributed by atoms with Crippen LogP contribution in [-0.4, -0.2) is 30.2 Å². The number of hydrogen-bond acceptors (Lipinski definition) is 3. The monoisotopic (exact) mass is 257 g/mol. The molecule has 1 saturated heterocycles. The van der Waals surface area contributed by atoms with E-state index >= 15 is 0 Å². The van der Waals surface area contributed by atoms with E-state index in [1.807, 2.05) is 12.1 Å². The zero-order valence-electron chi connectivity index (χ0n) is 10.2. The molecule has 4 heteroatoms. The highest BCUT2D eigenvalue weighted by molar-refractivity contribution is 5.85. The van der Waals surface area contributed by atoms with E-state index in [2.05, 4.69) is 4.90 Å². The van der Waals surface area contributed by atoms with Gasteiger partial charge in [0.05, 0.1) is 7.11 Å². The molecule has 1 aliphatic heterocycles. The van der Waals surface area contributed by atoms with Gasteiger partial charge in [-0.2, -0.15) is 0 Å². The van der Waals surface area contributed by atoms with Crippen LogP contribution in [0.15, 0.2) is 18.2 Å². The van der Waals surface area contributed by atoms with E-state index in [-0.39, 0.29) is 12.4 Å². The number of phenolic OH excluding ortho intramolecular Hbond substituents is 1. The van der Waals surface area contributed by atoms with Crippen molar-refractivity contribution in [1.82, 2.24) is 4.90 Å². The van der Waals surface area contributed by atoms with Gasteiger partial charge in [-0.05, 0) is 38.1 Å². The molecule has 1 aliphatic rings. The number of likely N-dealkylation sites (tertiary alicyclic amines) is 1. The summed E-state index contributed by atoms with van der Waals surface area (Å²) in [4.78, 5) is 2.38. The van der Waals surface area contributed by atoms with Crippen LogP contribution < -0.4 is 4.74 Å². The normalized spacial score (nSPS) is 16.3. The number of benzene rings is 1. The van der Waals surface area contributed by atoms with Gasteiger partial charge in [0.15, 0.2) is 0 Å². The maximum atomic E-state index is 9.85. The van der Waals surface area contributed by atoms with Crippen molar-refractivity contribution >= 4 is 12.4 Å². The Morgan fingerprint density at radius 1 is 1.24 bits per heavy atom. The summed E-state index contributed by atoms with van der Waals surface area (Å²) in [6.07, 6.45) is 3.85. The minimum Gasteiger partial charge on any atom is -0.507 e.